The summed E-state index contributed by atoms with van der Waals surface area (Å²) in [6.45, 7) is 1.64. The second-order valence-electron chi connectivity index (χ2n) is 5.60. The first-order chi connectivity index (χ1) is 12.9. The van der Waals surface area contributed by atoms with Gasteiger partial charge >= 0.3 is 17.9 Å². The van der Waals surface area contributed by atoms with E-state index in [1.165, 1.54) is 31.4 Å². The van der Waals surface area contributed by atoms with Crippen LogP contribution in [0.25, 0.3) is 0 Å². The fourth-order valence-corrected chi connectivity index (χ4v) is 2.54. The second-order valence-corrected chi connectivity index (χ2v) is 6.03. The van der Waals surface area contributed by atoms with E-state index in [2.05, 4.69) is 0 Å². The monoisotopic (exact) mass is 390 g/mol. The Hall–Kier alpha value is -2.70. The largest absolute Gasteiger partial charge is 0.463 e. The average Bonchev–Trinajstić information content (AvgIpc) is 2.67. The molecule has 0 aliphatic heterocycles. The molecule has 0 saturated carbocycles. The highest BCUT2D eigenvalue weighted by molar-refractivity contribution is 6.30. The molecular weight excluding hydrogens is 372 g/mol. The summed E-state index contributed by atoms with van der Waals surface area (Å²) in [6.07, 6.45) is -0.143. The van der Waals surface area contributed by atoms with Crippen LogP contribution in [0.5, 0.6) is 0 Å². The van der Waals surface area contributed by atoms with E-state index in [1.54, 1.807) is 37.3 Å². The van der Waals surface area contributed by atoms with Crippen molar-refractivity contribution in [3.8, 4) is 0 Å². The van der Waals surface area contributed by atoms with Crippen LogP contribution in [-0.4, -0.2) is 37.2 Å². The first kappa shape index (κ1) is 20.6. The molecule has 0 bridgehead atoms. The SMILES string of the molecule is CCOC(=O)C(Cc1ccccc1)(OC)C(=O)OC(=O)c1ccc(Cl)cc1. The van der Waals surface area contributed by atoms with Crippen molar-refractivity contribution in [3.05, 3.63) is 70.7 Å². The number of carbonyl (C=O) groups excluding carboxylic acids is 3. The fourth-order valence-electron chi connectivity index (χ4n) is 2.41. The predicted molar refractivity (Wildman–Crippen MR) is 98.4 cm³/mol. The fraction of sp³-hybridized carbons (Fsp3) is 0.250. The van der Waals surface area contributed by atoms with Gasteiger partial charge in [-0.1, -0.05) is 41.9 Å². The molecule has 0 amide bonds. The van der Waals surface area contributed by atoms with Crippen LogP contribution in [0.1, 0.15) is 22.8 Å². The molecule has 1 atom stereocenters. The van der Waals surface area contributed by atoms with Crippen molar-refractivity contribution in [2.45, 2.75) is 18.9 Å². The van der Waals surface area contributed by atoms with Crippen molar-refractivity contribution < 1.29 is 28.6 Å². The van der Waals surface area contributed by atoms with Crippen LogP contribution in [0.15, 0.2) is 54.6 Å². The molecule has 2 aromatic carbocycles. The third-order valence-electron chi connectivity index (χ3n) is 3.84. The van der Waals surface area contributed by atoms with Crippen LogP contribution in [0.4, 0.5) is 0 Å². The van der Waals surface area contributed by atoms with Gasteiger partial charge in [-0.25, -0.2) is 14.4 Å². The maximum Gasteiger partial charge on any atom is 0.358 e. The summed E-state index contributed by atoms with van der Waals surface area (Å²) < 4.78 is 15.2. The molecule has 0 spiro atoms. The number of ether oxygens (including phenoxy) is 3. The minimum absolute atomic E-state index is 0.0388. The van der Waals surface area contributed by atoms with Crippen LogP contribution in [-0.2, 0) is 30.2 Å². The number of esters is 3. The Morgan fingerprint density at radius 2 is 1.59 bits per heavy atom. The molecule has 2 aromatic rings. The highest BCUT2D eigenvalue weighted by Gasteiger charge is 2.50. The number of rotatable bonds is 7. The zero-order valence-corrected chi connectivity index (χ0v) is 15.7. The van der Waals surface area contributed by atoms with Gasteiger partial charge in [-0.2, -0.15) is 0 Å². The Morgan fingerprint density at radius 3 is 2.15 bits per heavy atom. The summed E-state index contributed by atoms with van der Waals surface area (Å²) >= 11 is 5.78. The van der Waals surface area contributed by atoms with E-state index in [-0.39, 0.29) is 18.6 Å². The van der Waals surface area contributed by atoms with Crippen LogP contribution >= 0.6 is 11.6 Å². The van der Waals surface area contributed by atoms with Gasteiger partial charge in [0.1, 0.15) is 0 Å². The lowest BCUT2D eigenvalue weighted by Gasteiger charge is -2.27. The van der Waals surface area contributed by atoms with Crippen LogP contribution < -0.4 is 0 Å². The smallest absolute Gasteiger partial charge is 0.358 e. The number of halogens is 1. The molecule has 0 aliphatic rings. The topological polar surface area (TPSA) is 78.9 Å². The number of hydrogen-bond donors (Lipinski definition) is 0. The Kier molecular flexibility index (Phi) is 7.10. The van der Waals surface area contributed by atoms with Crippen molar-refractivity contribution in [1.29, 1.82) is 0 Å². The molecular formula is C20H19ClO6. The lowest BCUT2D eigenvalue weighted by Crippen LogP contribution is -2.52. The molecule has 0 N–H and O–H groups in total. The Balaban J connectivity index is 2.30. The van der Waals surface area contributed by atoms with Gasteiger partial charge in [-0.3, -0.25) is 0 Å². The lowest BCUT2D eigenvalue weighted by atomic mass is 9.94. The molecule has 1 unspecified atom stereocenters. The summed E-state index contributed by atoms with van der Waals surface area (Å²) in [5.74, 6) is -2.99. The first-order valence-electron chi connectivity index (χ1n) is 8.21. The summed E-state index contributed by atoms with van der Waals surface area (Å²) in [6, 6.07) is 14.6. The van der Waals surface area contributed by atoms with Crippen molar-refractivity contribution in [1.82, 2.24) is 0 Å². The average molecular weight is 391 g/mol. The number of hydrogen-bond acceptors (Lipinski definition) is 6. The van der Waals surface area contributed by atoms with E-state index in [9.17, 15) is 14.4 Å². The predicted octanol–water partition coefficient (Wildman–Crippen LogP) is 3.21. The van der Waals surface area contributed by atoms with Gasteiger partial charge in [-0.15, -0.1) is 0 Å². The van der Waals surface area contributed by atoms with E-state index in [0.717, 1.165) is 0 Å². The van der Waals surface area contributed by atoms with E-state index >= 15 is 0 Å². The molecule has 0 fully saturated rings. The first-order valence-corrected chi connectivity index (χ1v) is 8.59. The van der Waals surface area contributed by atoms with E-state index < -0.39 is 23.5 Å². The van der Waals surface area contributed by atoms with E-state index in [1.807, 2.05) is 0 Å². The van der Waals surface area contributed by atoms with Crippen molar-refractivity contribution in [3.63, 3.8) is 0 Å². The molecule has 27 heavy (non-hydrogen) atoms. The van der Waals surface area contributed by atoms with Gasteiger partial charge in [0.05, 0.1) is 12.2 Å². The molecule has 7 heteroatoms. The highest BCUT2D eigenvalue weighted by atomic mass is 35.5. The lowest BCUT2D eigenvalue weighted by molar-refractivity contribution is -0.183. The summed E-state index contributed by atoms with van der Waals surface area (Å²) in [5.41, 5.74) is -1.34. The molecule has 0 heterocycles. The zero-order valence-electron chi connectivity index (χ0n) is 14.9. The third-order valence-corrected chi connectivity index (χ3v) is 4.10. The minimum atomic E-state index is -2.10. The van der Waals surface area contributed by atoms with Crippen molar-refractivity contribution >= 4 is 29.5 Å². The highest BCUT2D eigenvalue weighted by Crippen LogP contribution is 2.23. The van der Waals surface area contributed by atoms with Gasteiger partial charge < -0.3 is 14.2 Å². The van der Waals surface area contributed by atoms with Crippen LogP contribution in [0.3, 0.4) is 0 Å². The van der Waals surface area contributed by atoms with Gasteiger partial charge in [0.15, 0.2) is 0 Å². The van der Waals surface area contributed by atoms with Crippen LogP contribution in [0.2, 0.25) is 5.02 Å². The zero-order chi connectivity index (χ0) is 19.9. The summed E-state index contributed by atoms with van der Waals surface area (Å²) in [7, 11) is 1.19. The molecule has 6 nitrogen and oxygen atoms in total. The Morgan fingerprint density at radius 1 is 0.963 bits per heavy atom. The molecule has 142 valence electrons. The molecule has 0 saturated heterocycles. The number of carbonyl (C=O) groups is 3. The third kappa shape index (κ3) is 4.93. The maximum atomic E-state index is 12.8. The van der Waals surface area contributed by atoms with Gasteiger partial charge in [-0.05, 0) is 36.8 Å². The molecule has 2 rings (SSSR count). The number of benzene rings is 2. The standard InChI is InChI=1S/C20H19ClO6/c1-3-26-18(23)20(25-2,13-14-7-5-4-6-8-14)19(24)27-17(22)15-9-11-16(21)12-10-15/h4-12H,3,13H2,1-2H3. The molecule has 0 radical (unpaired) electrons. The van der Waals surface area contributed by atoms with Gasteiger partial charge in [0.25, 0.3) is 5.60 Å². The Bertz CT molecular complexity index is 803. The second kappa shape index (κ2) is 9.30. The van der Waals surface area contributed by atoms with Crippen molar-refractivity contribution in [2.75, 3.05) is 13.7 Å². The van der Waals surface area contributed by atoms with E-state index in [4.69, 9.17) is 25.8 Å². The van der Waals surface area contributed by atoms with Gasteiger partial charge in [0.2, 0.25) is 0 Å². The number of methoxy groups -OCH3 is 1. The quantitative estimate of drug-likeness (QED) is 0.533. The molecule has 0 aromatic heterocycles. The maximum absolute atomic E-state index is 12.8. The molecule has 0 aliphatic carbocycles. The summed E-state index contributed by atoms with van der Waals surface area (Å²) in [4.78, 5) is 37.6. The summed E-state index contributed by atoms with van der Waals surface area (Å²) in [5, 5.41) is 0.430. The normalized spacial score (nSPS) is 12.7. The van der Waals surface area contributed by atoms with Gasteiger partial charge in [0, 0.05) is 18.6 Å². The van der Waals surface area contributed by atoms with E-state index in [0.29, 0.717) is 10.6 Å². The minimum Gasteiger partial charge on any atom is -0.463 e. The Labute approximate surface area is 162 Å². The van der Waals surface area contributed by atoms with Crippen LogP contribution in [0, 0.1) is 0 Å². The van der Waals surface area contributed by atoms with Crippen molar-refractivity contribution in [2.24, 2.45) is 0 Å².